The van der Waals surface area contributed by atoms with Crippen LogP contribution in [0.5, 0.6) is 0 Å². The smallest absolute Gasteiger partial charge is 0.251 e. The van der Waals surface area contributed by atoms with Crippen molar-refractivity contribution in [3.8, 4) is 0 Å². The molecule has 27 heavy (non-hydrogen) atoms. The lowest BCUT2D eigenvalue weighted by Crippen LogP contribution is -2.36. The average molecular weight is 361 g/mol. The lowest BCUT2D eigenvalue weighted by atomic mass is 9.95. The van der Waals surface area contributed by atoms with Crippen molar-refractivity contribution in [2.24, 2.45) is 0 Å². The molecule has 138 valence electrons. The van der Waals surface area contributed by atoms with Gasteiger partial charge >= 0.3 is 0 Å². The van der Waals surface area contributed by atoms with Crippen LogP contribution in [-0.4, -0.2) is 27.1 Å². The van der Waals surface area contributed by atoms with Crippen molar-refractivity contribution in [3.05, 3.63) is 71.7 Å². The van der Waals surface area contributed by atoms with E-state index in [0.717, 1.165) is 24.1 Å². The number of nitrogens with zero attached hydrogens (tertiary/aromatic N) is 2. The maximum absolute atomic E-state index is 12.6. The summed E-state index contributed by atoms with van der Waals surface area (Å²) in [7, 11) is 0. The second-order valence-electron chi connectivity index (χ2n) is 7.18. The van der Waals surface area contributed by atoms with Crippen LogP contribution in [0, 0.1) is 0 Å². The van der Waals surface area contributed by atoms with Crippen molar-refractivity contribution in [2.45, 2.75) is 44.6 Å². The molecular weight excluding hydrogens is 338 g/mol. The molecular formula is C22H23N3O2. The van der Waals surface area contributed by atoms with Crippen molar-refractivity contribution < 1.29 is 9.59 Å². The SMILES string of the molecule is O=C(NC1CCCCC1)c1ccc(CC(=O)c2cnc3ccccn23)cc1. The molecule has 5 heteroatoms. The molecule has 4 rings (SSSR count). The van der Waals surface area contributed by atoms with Crippen LogP contribution in [0.1, 0.15) is 58.5 Å². The van der Waals surface area contributed by atoms with Gasteiger partial charge in [-0.05, 0) is 42.7 Å². The van der Waals surface area contributed by atoms with E-state index in [2.05, 4.69) is 10.3 Å². The van der Waals surface area contributed by atoms with Crippen LogP contribution >= 0.6 is 0 Å². The van der Waals surface area contributed by atoms with Crippen molar-refractivity contribution in [1.82, 2.24) is 14.7 Å². The third kappa shape index (κ3) is 3.92. The third-order valence-electron chi connectivity index (χ3n) is 5.22. The van der Waals surface area contributed by atoms with Gasteiger partial charge in [0.15, 0.2) is 5.78 Å². The fraction of sp³-hybridized carbons (Fsp3) is 0.318. The zero-order valence-electron chi connectivity index (χ0n) is 15.2. The quantitative estimate of drug-likeness (QED) is 0.703. The zero-order chi connectivity index (χ0) is 18.6. The molecule has 1 amide bonds. The maximum Gasteiger partial charge on any atom is 0.251 e. The Kier molecular flexibility index (Phi) is 5.01. The predicted molar refractivity (Wildman–Crippen MR) is 104 cm³/mol. The summed E-state index contributed by atoms with van der Waals surface area (Å²) in [4.78, 5) is 29.3. The molecule has 1 fully saturated rings. The van der Waals surface area contributed by atoms with Gasteiger partial charge in [0.25, 0.3) is 5.91 Å². The molecule has 1 saturated carbocycles. The number of amides is 1. The van der Waals surface area contributed by atoms with Gasteiger partial charge < -0.3 is 5.32 Å². The maximum atomic E-state index is 12.6. The first-order valence-electron chi connectivity index (χ1n) is 9.56. The van der Waals surface area contributed by atoms with E-state index in [1.165, 1.54) is 19.3 Å². The highest BCUT2D eigenvalue weighted by Crippen LogP contribution is 2.18. The molecule has 0 bridgehead atoms. The summed E-state index contributed by atoms with van der Waals surface area (Å²) in [6.07, 6.45) is 9.52. The number of Topliss-reactive ketones (excluding diaryl/α,β-unsaturated/α-hetero) is 1. The summed E-state index contributed by atoms with van der Waals surface area (Å²) >= 11 is 0. The molecule has 2 heterocycles. The van der Waals surface area contributed by atoms with E-state index < -0.39 is 0 Å². The number of fused-ring (bicyclic) bond motifs is 1. The van der Waals surface area contributed by atoms with Gasteiger partial charge in [-0.2, -0.15) is 0 Å². The monoisotopic (exact) mass is 361 g/mol. The number of carbonyl (C=O) groups is 2. The number of hydrogen-bond acceptors (Lipinski definition) is 3. The van der Waals surface area contributed by atoms with E-state index >= 15 is 0 Å². The minimum Gasteiger partial charge on any atom is -0.349 e. The van der Waals surface area contributed by atoms with Crippen molar-refractivity contribution in [3.63, 3.8) is 0 Å². The van der Waals surface area contributed by atoms with E-state index in [9.17, 15) is 9.59 Å². The van der Waals surface area contributed by atoms with E-state index in [0.29, 0.717) is 17.3 Å². The Labute approximate surface area is 158 Å². The fourth-order valence-electron chi connectivity index (χ4n) is 3.70. The minimum atomic E-state index is -0.0263. The lowest BCUT2D eigenvalue weighted by molar-refractivity contribution is 0.0927. The van der Waals surface area contributed by atoms with Gasteiger partial charge in [-0.25, -0.2) is 4.98 Å². The predicted octanol–water partition coefficient (Wildman–Crippen LogP) is 3.82. The van der Waals surface area contributed by atoms with Crippen molar-refractivity contribution in [1.29, 1.82) is 0 Å². The number of ketones is 1. The molecule has 0 spiro atoms. The first kappa shape index (κ1) is 17.5. The second-order valence-corrected chi connectivity index (χ2v) is 7.18. The van der Waals surface area contributed by atoms with Crippen LogP contribution in [0.3, 0.4) is 0 Å². The highest BCUT2D eigenvalue weighted by molar-refractivity contribution is 5.97. The minimum absolute atomic E-state index is 0.00751. The highest BCUT2D eigenvalue weighted by Gasteiger charge is 2.17. The van der Waals surface area contributed by atoms with E-state index in [1.54, 1.807) is 22.7 Å². The Morgan fingerprint density at radius 3 is 2.59 bits per heavy atom. The molecule has 2 aromatic heterocycles. The molecule has 1 N–H and O–H groups in total. The number of carbonyl (C=O) groups excluding carboxylic acids is 2. The Bertz CT molecular complexity index is 953. The van der Waals surface area contributed by atoms with Crippen LogP contribution in [0.2, 0.25) is 0 Å². The molecule has 0 aliphatic heterocycles. The van der Waals surface area contributed by atoms with Crippen LogP contribution in [0.4, 0.5) is 0 Å². The van der Waals surface area contributed by atoms with Crippen molar-refractivity contribution in [2.75, 3.05) is 0 Å². The van der Waals surface area contributed by atoms with E-state index in [-0.39, 0.29) is 18.1 Å². The summed E-state index contributed by atoms with van der Waals surface area (Å²) in [6, 6.07) is 13.3. The Balaban J connectivity index is 1.41. The summed E-state index contributed by atoms with van der Waals surface area (Å²) in [5, 5.41) is 3.12. The van der Waals surface area contributed by atoms with Crippen LogP contribution in [0.15, 0.2) is 54.9 Å². The van der Waals surface area contributed by atoms with Crippen molar-refractivity contribution >= 4 is 17.3 Å². The normalized spacial score (nSPS) is 15.0. The standard InChI is InChI=1S/C22H23N3O2/c26-20(19-15-23-21-8-4-5-13-25(19)21)14-16-9-11-17(12-10-16)22(27)24-18-6-2-1-3-7-18/h4-5,8-13,15,18H,1-3,6-7,14H2,(H,24,27). The number of benzene rings is 1. The van der Waals surface area contributed by atoms with Crippen LogP contribution in [0.25, 0.3) is 5.65 Å². The summed E-state index contributed by atoms with van der Waals surface area (Å²) in [5.41, 5.74) is 2.87. The average Bonchev–Trinajstić information content (AvgIpc) is 3.13. The number of nitrogens with one attached hydrogen (secondary N) is 1. The van der Waals surface area contributed by atoms with Gasteiger partial charge in [-0.1, -0.05) is 37.5 Å². The first-order chi connectivity index (χ1) is 13.2. The second kappa shape index (κ2) is 7.74. The molecule has 5 nitrogen and oxygen atoms in total. The number of rotatable bonds is 5. The number of pyridine rings is 1. The molecule has 1 aromatic carbocycles. The number of hydrogen-bond donors (Lipinski definition) is 1. The Morgan fingerprint density at radius 2 is 1.81 bits per heavy atom. The molecule has 0 radical (unpaired) electrons. The number of imidazole rings is 1. The zero-order valence-corrected chi connectivity index (χ0v) is 15.2. The molecule has 0 atom stereocenters. The van der Waals surface area contributed by atoms with E-state index in [1.807, 2.05) is 36.5 Å². The summed E-state index contributed by atoms with van der Waals surface area (Å²) in [6.45, 7) is 0. The summed E-state index contributed by atoms with van der Waals surface area (Å²) < 4.78 is 1.80. The highest BCUT2D eigenvalue weighted by atomic mass is 16.1. The molecule has 0 saturated heterocycles. The number of aromatic nitrogens is 2. The van der Waals surface area contributed by atoms with Crippen LogP contribution < -0.4 is 5.32 Å². The Hall–Kier alpha value is -2.95. The Morgan fingerprint density at radius 1 is 1.04 bits per heavy atom. The fourth-order valence-corrected chi connectivity index (χ4v) is 3.70. The molecule has 3 aromatic rings. The molecule has 0 unspecified atom stereocenters. The molecule has 1 aliphatic carbocycles. The lowest BCUT2D eigenvalue weighted by Gasteiger charge is -2.22. The van der Waals surface area contributed by atoms with Gasteiger partial charge in [0.05, 0.1) is 6.20 Å². The largest absolute Gasteiger partial charge is 0.349 e. The topological polar surface area (TPSA) is 63.5 Å². The van der Waals surface area contributed by atoms with Crippen LogP contribution in [-0.2, 0) is 6.42 Å². The van der Waals surface area contributed by atoms with E-state index in [4.69, 9.17) is 0 Å². The van der Waals surface area contributed by atoms with Gasteiger partial charge in [-0.15, -0.1) is 0 Å². The summed E-state index contributed by atoms with van der Waals surface area (Å²) in [5.74, 6) is -0.0188. The van der Waals surface area contributed by atoms with Gasteiger partial charge in [0, 0.05) is 24.2 Å². The van der Waals surface area contributed by atoms with Gasteiger partial charge in [-0.3, -0.25) is 14.0 Å². The van der Waals surface area contributed by atoms with Gasteiger partial charge in [0.1, 0.15) is 11.3 Å². The third-order valence-corrected chi connectivity index (χ3v) is 5.22. The molecule has 1 aliphatic rings. The first-order valence-corrected chi connectivity index (χ1v) is 9.56. The van der Waals surface area contributed by atoms with Gasteiger partial charge in [0.2, 0.25) is 0 Å².